The zero-order valence-corrected chi connectivity index (χ0v) is 10.5. The van der Waals surface area contributed by atoms with Gasteiger partial charge in [0.15, 0.2) is 5.13 Å². The predicted octanol–water partition coefficient (Wildman–Crippen LogP) is 3.99. The third kappa shape index (κ3) is 2.94. The van der Waals surface area contributed by atoms with E-state index in [9.17, 15) is 13.2 Å². The lowest BCUT2D eigenvalue weighted by Gasteiger charge is -2.09. The number of aromatic nitrogens is 1. The van der Waals surface area contributed by atoms with Crippen molar-refractivity contribution in [1.82, 2.24) is 4.98 Å². The van der Waals surface area contributed by atoms with Crippen molar-refractivity contribution in [3.05, 3.63) is 45.4 Å². The molecule has 2 N–H and O–H groups in total. The number of rotatable bonds is 2. The summed E-state index contributed by atoms with van der Waals surface area (Å²) in [6, 6.07) is 3.24. The number of thiazole rings is 1. The van der Waals surface area contributed by atoms with Crippen LogP contribution in [0.5, 0.6) is 0 Å². The first-order valence-electron chi connectivity index (χ1n) is 4.92. The summed E-state index contributed by atoms with van der Waals surface area (Å²) in [5.41, 5.74) is 5.74. The molecule has 0 saturated carbocycles. The van der Waals surface area contributed by atoms with Crippen molar-refractivity contribution in [2.24, 2.45) is 0 Å². The zero-order valence-electron chi connectivity index (χ0n) is 8.96. The summed E-state index contributed by atoms with van der Waals surface area (Å²) in [7, 11) is 0. The third-order valence-corrected chi connectivity index (χ3v) is 3.41. The number of hydrogen-bond acceptors (Lipinski definition) is 3. The Morgan fingerprint density at radius 3 is 2.61 bits per heavy atom. The van der Waals surface area contributed by atoms with Crippen molar-refractivity contribution in [2.75, 3.05) is 5.73 Å². The lowest BCUT2D eigenvalue weighted by Crippen LogP contribution is -2.05. The molecule has 0 unspecified atom stereocenters. The molecule has 0 bridgehead atoms. The van der Waals surface area contributed by atoms with Crippen molar-refractivity contribution < 1.29 is 13.2 Å². The molecule has 2 nitrogen and oxygen atoms in total. The van der Waals surface area contributed by atoms with Crippen LogP contribution in [0.15, 0.2) is 23.6 Å². The number of anilines is 1. The lowest BCUT2D eigenvalue weighted by atomic mass is 10.1. The van der Waals surface area contributed by atoms with Gasteiger partial charge in [-0.2, -0.15) is 13.2 Å². The normalized spacial score (nSPS) is 11.8. The molecule has 0 radical (unpaired) electrons. The highest BCUT2D eigenvalue weighted by Crippen LogP contribution is 2.32. The molecule has 96 valence electrons. The van der Waals surface area contributed by atoms with E-state index < -0.39 is 11.7 Å². The molecule has 1 aromatic heterocycles. The van der Waals surface area contributed by atoms with E-state index >= 15 is 0 Å². The van der Waals surface area contributed by atoms with E-state index in [0.29, 0.717) is 16.4 Å². The van der Waals surface area contributed by atoms with Crippen LogP contribution >= 0.6 is 22.9 Å². The van der Waals surface area contributed by atoms with Gasteiger partial charge in [0, 0.05) is 16.8 Å². The van der Waals surface area contributed by atoms with Gasteiger partial charge in [-0.3, -0.25) is 0 Å². The molecule has 0 amide bonds. The summed E-state index contributed by atoms with van der Waals surface area (Å²) in [5.74, 6) is 0. The Bertz CT molecular complexity index is 566. The second-order valence-electron chi connectivity index (χ2n) is 3.66. The van der Waals surface area contributed by atoms with Gasteiger partial charge in [0.2, 0.25) is 0 Å². The van der Waals surface area contributed by atoms with Crippen molar-refractivity contribution in [3.8, 4) is 0 Å². The van der Waals surface area contributed by atoms with E-state index in [2.05, 4.69) is 4.98 Å². The Balaban J connectivity index is 2.32. The van der Waals surface area contributed by atoms with Crippen LogP contribution in [0.3, 0.4) is 0 Å². The standard InChI is InChI=1S/C11H8ClF3N2S/c12-9-2-1-7(11(13,14)15)3-6(9)4-8-5-18-10(16)17-8/h1-3,5H,4H2,(H2,16,17). The molecule has 0 spiro atoms. The van der Waals surface area contributed by atoms with E-state index in [1.807, 2.05) is 0 Å². The van der Waals surface area contributed by atoms with E-state index in [-0.39, 0.29) is 11.4 Å². The molecule has 2 aromatic rings. The summed E-state index contributed by atoms with van der Waals surface area (Å²) < 4.78 is 37.7. The molecule has 0 aliphatic heterocycles. The molecular weight excluding hydrogens is 285 g/mol. The van der Waals surface area contributed by atoms with Crippen molar-refractivity contribution in [3.63, 3.8) is 0 Å². The SMILES string of the molecule is Nc1nc(Cc2cc(C(F)(F)F)ccc2Cl)cs1. The maximum atomic E-state index is 12.6. The summed E-state index contributed by atoms with van der Waals surface area (Å²) in [6.07, 6.45) is -4.14. The smallest absolute Gasteiger partial charge is 0.375 e. The first kappa shape index (κ1) is 13.2. The summed E-state index contributed by atoms with van der Waals surface area (Å²) in [6.45, 7) is 0. The lowest BCUT2D eigenvalue weighted by molar-refractivity contribution is -0.137. The summed E-state index contributed by atoms with van der Waals surface area (Å²) in [4.78, 5) is 4.00. The Kier molecular flexibility index (Phi) is 3.49. The van der Waals surface area contributed by atoms with Crippen LogP contribution in [0.25, 0.3) is 0 Å². The number of nitrogen functional groups attached to an aromatic ring is 1. The molecular formula is C11H8ClF3N2S. The van der Waals surface area contributed by atoms with Gasteiger partial charge in [-0.1, -0.05) is 11.6 Å². The highest BCUT2D eigenvalue weighted by atomic mass is 35.5. The van der Waals surface area contributed by atoms with Crippen LogP contribution < -0.4 is 5.73 Å². The molecule has 0 aliphatic rings. The Morgan fingerprint density at radius 1 is 1.33 bits per heavy atom. The molecule has 0 aliphatic carbocycles. The van der Waals surface area contributed by atoms with Gasteiger partial charge < -0.3 is 5.73 Å². The van der Waals surface area contributed by atoms with E-state index in [4.69, 9.17) is 17.3 Å². The highest BCUT2D eigenvalue weighted by Gasteiger charge is 2.30. The van der Waals surface area contributed by atoms with Gasteiger partial charge in [-0.25, -0.2) is 4.98 Å². The van der Waals surface area contributed by atoms with Crippen LogP contribution in [0, 0.1) is 0 Å². The second-order valence-corrected chi connectivity index (χ2v) is 4.95. The van der Waals surface area contributed by atoms with Crippen LogP contribution in [0.1, 0.15) is 16.8 Å². The fourth-order valence-electron chi connectivity index (χ4n) is 1.49. The van der Waals surface area contributed by atoms with Gasteiger partial charge in [0.1, 0.15) is 0 Å². The molecule has 18 heavy (non-hydrogen) atoms. The van der Waals surface area contributed by atoms with Gasteiger partial charge >= 0.3 is 6.18 Å². The number of benzene rings is 1. The minimum Gasteiger partial charge on any atom is -0.375 e. The quantitative estimate of drug-likeness (QED) is 0.909. The molecule has 1 aromatic carbocycles. The van der Waals surface area contributed by atoms with Gasteiger partial charge in [-0.15, -0.1) is 11.3 Å². The fourth-order valence-corrected chi connectivity index (χ4v) is 2.23. The first-order valence-corrected chi connectivity index (χ1v) is 6.17. The number of alkyl halides is 3. The fraction of sp³-hybridized carbons (Fsp3) is 0.182. The summed E-state index contributed by atoms with van der Waals surface area (Å²) >= 11 is 7.12. The number of hydrogen-bond donors (Lipinski definition) is 1. The van der Waals surface area contributed by atoms with E-state index in [1.54, 1.807) is 5.38 Å². The molecule has 7 heteroatoms. The average molecular weight is 293 g/mol. The van der Waals surface area contributed by atoms with Crippen molar-refractivity contribution in [2.45, 2.75) is 12.6 Å². The topological polar surface area (TPSA) is 38.9 Å². The molecule has 2 rings (SSSR count). The maximum absolute atomic E-state index is 12.6. The number of nitrogens with zero attached hydrogens (tertiary/aromatic N) is 1. The zero-order chi connectivity index (χ0) is 13.3. The Labute approximate surface area is 110 Å². The number of halogens is 4. The van der Waals surface area contributed by atoms with E-state index in [0.717, 1.165) is 12.1 Å². The second kappa shape index (κ2) is 4.78. The molecule has 0 atom stereocenters. The maximum Gasteiger partial charge on any atom is 0.416 e. The minimum absolute atomic E-state index is 0.233. The van der Waals surface area contributed by atoms with Crippen LogP contribution in [0.4, 0.5) is 18.3 Å². The third-order valence-electron chi connectivity index (χ3n) is 2.31. The summed E-state index contributed by atoms with van der Waals surface area (Å²) in [5, 5.41) is 2.37. The van der Waals surface area contributed by atoms with Gasteiger partial charge in [-0.05, 0) is 23.8 Å². The van der Waals surface area contributed by atoms with Crippen molar-refractivity contribution >= 4 is 28.1 Å². The average Bonchev–Trinajstić information content (AvgIpc) is 2.66. The molecule has 0 saturated heterocycles. The van der Waals surface area contributed by atoms with Gasteiger partial charge in [0.25, 0.3) is 0 Å². The van der Waals surface area contributed by atoms with Crippen LogP contribution in [-0.2, 0) is 12.6 Å². The Hall–Kier alpha value is -1.27. The highest BCUT2D eigenvalue weighted by molar-refractivity contribution is 7.13. The largest absolute Gasteiger partial charge is 0.416 e. The van der Waals surface area contributed by atoms with Crippen LogP contribution in [-0.4, -0.2) is 4.98 Å². The van der Waals surface area contributed by atoms with Crippen molar-refractivity contribution in [1.29, 1.82) is 0 Å². The van der Waals surface area contributed by atoms with Crippen LogP contribution in [0.2, 0.25) is 5.02 Å². The minimum atomic E-state index is -4.37. The molecule has 1 heterocycles. The predicted molar refractivity (Wildman–Crippen MR) is 65.8 cm³/mol. The Morgan fingerprint density at radius 2 is 2.06 bits per heavy atom. The number of nitrogens with two attached hydrogens (primary N) is 1. The van der Waals surface area contributed by atoms with E-state index in [1.165, 1.54) is 17.4 Å². The molecule has 0 fully saturated rings. The monoisotopic (exact) mass is 292 g/mol. The first-order chi connectivity index (χ1) is 8.36. The van der Waals surface area contributed by atoms with Gasteiger partial charge in [0.05, 0.1) is 11.3 Å².